The topological polar surface area (TPSA) is 58.6 Å². The van der Waals surface area contributed by atoms with E-state index in [0.717, 1.165) is 22.3 Å². The number of carbonyl (C=O) groups is 2. The average molecular weight is 487 g/mol. The fourth-order valence-corrected chi connectivity index (χ4v) is 4.16. The average Bonchev–Trinajstić information content (AvgIpc) is 2.83. The SMILES string of the molecule is COc1cccc(CN(C(=O)Cc2ccc(C)c(C)c2)C(Cc2ccccc2)C(=O)NC(C)(C)C)c1. The Hall–Kier alpha value is -3.60. The highest BCUT2D eigenvalue weighted by molar-refractivity contribution is 5.89. The Morgan fingerprint density at radius 1 is 0.861 bits per heavy atom. The van der Waals surface area contributed by atoms with Crippen molar-refractivity contribution in [1.29, 1.82) is 0 Å². The Bertz CT molecular complexity index is 1180. The van der Waals surface area contributed by atoms with Gasteiger partial charge in [0.15, 0.2) is 0 Å². The number of ether oxygens (including phenoxy) is 1. The third-order valence-electron chi connectivity index (χ3n) is 6.18. The van der Waals surface area contributed by atoms with Crippen molar-refractivity contribution in [1.82, 2.24) is 10.2 Å². The van der Waals surface area contributed by atoms with Gasteiger partial charge in [-0.1, -0.05) is 60.7 Å². The molecule has 190 valence electrons. The second-order valence-corrected chi connectivity index (χ2v) is 10.4. The summed E-state index contributed by atoms with van der Waals surface area (Å²) in [6.07, 6.45) is 0.643. The Labute approximate surface area is 215 Å². The van der Waals surface area contributed by atoms with E-state index in [9.17, 15) is 9.59 Å². The van der Waals surface area contributed by atoms with Crippen LogP contribution in [0, 0.1) is 13.8 Å². The van der Waals surface area contributed by atoms with Crippen LogP contribution in [-0.4, -0.2) is 35.4 Å². The quantitative estimate of drug-likeness (QED) is 0.440. The number of aryl methyl sites for hydroxylation is 2. The van der Waals surface area contributed by atoms with Crippen LogP contribution in [0.15, 0.2) is 72.8 Å². The number of benzene rings is 3. The lowest BCUT2D eigenvalue weighted by atomic mass is 9.99. The molecule has 0 fully saturated rings. The largest absolute Gasteiger partial charge is 0.497 e. The zero-order valence-electron chi connectivity index (χ0n) is 22.3. The van der Waals surface area contributed by atoms with E-state index in [0.29, 0.717) is 18.7 Å². The summed E-state index contributed by atoms with van der Waals surface area (Å²) in [4.78, 5) is 29.2. The van der Waals surface area contributed by atoms with Gasteiger partial charge in [0.2, 0.25) is 11.8 Å². The number of nitrogens with zero attached hydrogens (tertiary/aromatic N) is 1. The summed E-state index contributed by atoms with van der Waals surface area (Å²) < 4.78 is 5.40. The molecule has 0 aliphatic rings. The number of rotatable bonds is 9. The lowest BCUT2D eigenvalue weighted by Gasteiger charge is -2.34. The number of carbonyl (C=O) groups excluding carboxylic acids is 2. The van der Waals surface area contributed by atoms with Crippen molar-refractivity contribution in [3.05, 3.63) is 101 Å². The molecule has 0 aliphatic heterocycles. The normalized spacial score (nSPS) is 12.1. The maximum absolute atomic E-state index is 13.9. The van der Waals surface area contributed by atoms with Crippen molar-refractivity contribution in [2.75, 3.05) is 7.11 Å². The van der Waals surface area contributed by atoms with Crippen LogP contribution in [0.3, 0.4) is 0 Å². The smallest absolute Gasteiger partial charge is 0.243 e. The fourth-order valence-electron chi connectivity index (χ4n) is 4.16. The van der Waals surface area contributed by atoms with Gasteiger partial charge < -0.3 is 15.0 Å². The monoisotopic (exact) mass is 486 g/mol. The molecule has 1 unspecified atom stereocenters. The van der Waals surface area contributed by atoms with Crippen LogP contribution in [-0.2, 0) is 29.0 Å². The summed E-state index contributed by atoms with van der Waals surface area (Å²) in [7, 11) is 1.62. The fraction of sp³-hybridized carbons (Fsp3) is 0.355. The van der Waals surface area contributed by atoms with E-state index in [1.807, 2.05) is 94.4 Å². The third-order valence-corrected chi connectivity index (χ3v) is 6.18. The molecule has 0 saturated heterocycles. The number of hydrogen-bond acceptors (Lipinski definition) is 3. The van der Waals surface area contributed by atoms with E-state index < -0.39 is 11.6 Å². The number of nitrogens with one attached hydrogen (secondary N) is 1. The molecular formula is C31H38N2O3. The molecule has 3 aromatic carbocycles. The van der Waals surface area contributed by atoms with Gasteiger partial charge in [0.25, 0.3) is 0 Å². The number of amides is 2. The summed E-state index contributed by atoms with van der Waals surface area (Å²) in [5.74, 6) is 0.460. The standard InChI is InChI=1S/C31H38N2O3/c1-22-15-16-25(17-23(22)2)20-29(34)33(21-26-13-10-14-27(18-26)36-6)28(30(35)32-31(3,4)5)19-24-11-8-7-9-12-24/h7-18,28H,19-21H2,1-6H3,(H,32,35). The van der Waals surface area contributed by atoms with Gasteiger partial charge in [-0.2, -0.15) is 0 Å². The summed E-state index contributed by atoms with van der Waals surface area (Å²) in [5, 5.41) is 3.11. The predicted molar refractivity (Wildman–Crippen MR) is 145 cm³/mol. The van der Waals surface area contributed by atoms with Gasteiger partial charge in [-0.15, -0.1) is 0 Å². The first kappa shape index (κ1) is 27.0. The van der Waals surface area contributed by atoms with E-state index in [-0.39, 0.29) is 18.2 Å². The van der Waals surface area contributed by atoms with Crippen LogP contribution in [0.5, 0.6) is 5.75 Å². The Morgan fingerprint density at radius 3 is 2.19 bits per heavy atom. The molecule has 0 aromatic heterocycles. The minimum atomic E-state index is -0.670. The van der Waals surface area contributed by atoms with Gasteiger partial charge >= 0.3 is 0 Å². The third kappa shape index (κ3) is 7.70. The molecular weight excluding hydrogens is 448 g/mol. The number of hydrogen-bond donors (Lipinski definition) is 1. The summed E-state index contributed by atoms with van der Waals surface area (Å²) in [6, 6.07) is 22.9. The first-order valence-corrected chi connectivity index (χ1v) is 12.4. The molecule has 0 saturated carbocycles. The summed E-state index contributed by atoms with van der Waals surface area (Å²) in [5.41, 5.74) is 4.75. The van der Waals surface area contributed by atoms with Crippen LogP contribution in [0.4, 0.5) is 0 Å². The van der Waals surface area contributed by atoms with Gasteiger partial charge in [-0.25, -0.2) is 0 Å². The summed E-state index contributed by atoms with van der Waals surface area (Å²) in [6.45, 7) is 10.3. The van der Waals surface area contributed by atoms with Crippen LogP contribution in [0.1, 0.15) is 48.6 Å². The molecule has 3 aromatic rings. The van der Waals surface area contributed by atoms with Crippen LogP contribution in [0.25, 0.3) is 0 Å². The second kappa shape index (κ2) is 11.9. The van der Waals surface area contributed by atoms with E-state index >= 15 is 0 Å². The highest BCUT2D eigenvalue weighted by Crippen LogP contribution is 2.20. The van der Waals surface area contributed by atoms with Crippen molar-refractivity contribution in [2.24, 2.45) is 0 Å². The zero-order chi connectivity index (χ0) is 26.3. The first-order valence-electron chi connectivity index (χ1n) is 12.4. The predicted octanol–water partition coefficient (Wildman–Crippen LogP) is 5.41. The van der Waals surface area contributed by atoms with Gasteiger partial charge in [0, 0.05) is 18.5 Å². The molecule has 0 heterocycles. The summed E-state index contributed by atoms with van der Waals surface area (Å²) >= 11 is 0. The highest BCUT2D eigenvalue weighted by atomic mass is 16.5. The van der Waals surface area contributed by atoms with E-state index in [4.69, 9.17) is 4.74 Å². The van der Waals surface area contributed by atoms with Gasteiger partial charge in [-0.3, -0.25) is 9.59 Å². The van der Waals surface area contributed by atoms with Crippen LogP contribution < -0.4 is 10.1 Å². The van der Waals surface area contributed by atoms with Crippen molar-refractivity contribution in [3.63, 3.8) is 0 Å². The van der Waals surface area contributed by atoms with E-state index in [1.165, 1.54) is 5.56 Å². The van der Waals surface area contributed by atoms with Crippen LogP contribution >= 0.6 is 0 Å². The molecule has 2 amide bonds. The van der Waals surface area contributed by atoms with Crippen LogP contribution in [0.2, 0.25) is 0 Å². The Morgan fingerprint density at radius 2 is 1.56 bits per heavy atom. The van der Waals surface area contributed by atoms with Gasteiger partial charge in [0.1, 0.15) is 11.8 Å². The maximum atomic E-state index is 13.9. The van der Waals surface area contributed by atoms with Gasteiger partial charge in [-0.05, 0) is 74.6 Å². The molecule has 0 radical (unpaired) electrons. The lowest BCUT2D eigenvalue weighted by Crippen LogP contribution is -2.54. The molecule has 0 bridgehead atoms. The van der Waals surface area contributed by atoms with E-state index in [1.54, 1.807) is 12.0 Å². The molecule has 5 nitrogen and oxygen atoms in total. The Balaban J connectivity index is 2.01. The molecule has 0 aliphatic carbocycles. The first-order chi connectivity index (χ1) is 17.1. The molecule has 0 spiro atoms. The van der Waals surface area contributed by atoms with Gasteiger partial charge in [0.05, 0.1) is 13.5 Å². The van der Waals surface area contributed by atoms with Crippen molar-refractivity contribution in [2.45, 2.75) is 65.6 Å². The molecule has 36 heavy (non-hydrogen) atoms. The van der Waals surface area contributed by atoms with Crippen molar-refractivity contribution >= 4 is 11.8 Å². The molecule has 1 N–H and O–H groups in total. The van der Waals surface area contributed by atoms with Crippen molar-refractivity contribution < 1.29 is 14.3 Å². The minimum Gasteiger partial charge on any atom is -0.497 e. The Kier molecular flexibility index (Phi) is 8.92. The zero-order valence-corrected chi connectivity index (χ0v) is 22.3. The molecule has 3 rings (SSSR count). The molecule has 1 atom stereocenters. The second-order valence-electron chi connectivity index (χ2n) is 10.4. The van der Waals surface area contributed by atoms with Crippen molar-refractivity contribution in [3.8, 4) is 5.75 Å². The highest BCUT2D eigenvalue weighted by Gasteiger charge is 2.32. The number of methoxy groups -OCH3 is 1. The molecule has 5 heteroatoms. The maximum Gasteiger partial charge on any atom is 0.243 e. The lowest BCUT2D eigenvalue weighted by molar-refractivity contribution is -0.141. The minimum absolute atomic E-state index is 0.0916. The van der Waals surface area contributed by atoms with E-state index in [2.05, 4.69) is 18.3 Å².